The van der Waals surface area contributed by atoms with Crippen molar-refractivity contribution < 1.29 is 13.2 Å². The molecule has 0 spiro atoms. The summed E-state index contributed by atoms with van der Waals surface area (Å²) in [7, 11) is 0. The number of anilines is 1. The normalized spacial score (nSPS) is 13.7. The number of nitrogen functional groups attached to an aromatic ring is 1. The summed E-state index contributed by atoms with van der Waals surface area (Å²) in [5.74, 6) is -0.939. The lowest BCUT2D eigenvalue weighted by atomic mass is 10.2. The molecule has 2 N–H and O–H groups in total. The third-order valence-electron chi connectivity index (χ3n) is 3.16. The highest BCUT2D eigenvalue weighted by molar-refractivity contribution is 7.09. The number of hydrogen-bond donors (Lipinski definition) is 1. The molecule has 0 amide bonds. The topological polar surface area (TPSA) is 56.7 Å². The molecule has 110 valence electrons. The van der Waals surface area contributed by atoms with Gasteiger partial charge in [0.2, 0.25) is 5.82 Å². The van der Waals surface area contributed by atoms with Crippen LogP contribution in [0.4, 0.5) is 18.9 Å². The van der Waals surface area contributed by atoms with Gasteiger partial charge in [-0.25, -0.2) is 9.97 Å². The summed E-state index contributed by atoms with van der Waals surface area (Å²) < 4.78 is 40.9. The van der Waals surface area contributed by atoms with Crippen molar-refractivity contribution in [3.63, 3.8) is 0 Å². The Balaban J connectivity index is 2.28. The molecule has 3 aromatic rings. The summed E-state index contributed by atoms with van der Waals surface area (Å²) in [6.45, 7) is 1.67. The van der Waals surface area contributed by atoms with E-state index < -0.39 is 18.0 Å². The van der Waals surface area contributed by atoms with E-state index in [0.29, 0.717) is 16.2 Å². The fraction of sp³-hybridized carbons (Fsp3) is 0.231. The molecule has 3 rings (SSSR count). The Kier molecular flexibility index (Phi) is 3.12. The van der Waals surface area contributed by atoms with E-state index in [-0.39, 0.29) is 5.52 Å². The van der Waals surface area contributed by atoms with E-state index in [9.17, 15) is 13.2 Å². The largest absolute Gasteiger partial charge is 0.449 e. The number of fused-ring (bicyclic) bond motifs is 1. The van der Waals surface area contributed by atoms with Crippen molar-refractivity contribution in [2.75, 3.05) is 5.73 Å². The Bertz CT molecular complexity index is 777. The van der Waals surface area contributed by atoms with Crippen LogP contribution >= 0.6 is 11.3 Å². The minimum Gasteiger partial charge on any atom is -0.399 e. The summed E-state index contributed by atoms with van der Waals surface area (Å²) in [4.78, 5) is 7.81. The van der Waals surface area contributed by atoms with Crippen molar-refractivity contribution >= 4 is 28.1 Å². The average Bonchev–Trinajstić information content (AvgIpc) is 3.03. The molecular weight excluding hydrogens is 301 g/mol. The minimum absolute atomic E-state index is 0.228. The second-order valence-electron chi connectivity index (χ2n) is 4.60. The average molecular weight is 312 g/mol. The van der Waals surface area contributed by atoms with Gasteiger partial charge in [-0.1, -0.05) is 0 Å². The predicted octanol–water partition coefficient (Wildman–Crippen LogP) is 3.70. The highest BCUT2D eigenvalue weighted by Gasteiger charge is 2.39. The number of nitrogens with two attached hydrogens (primary N) is 1. The monoisotopic (exact) mass is 312 g/mol. The van der Waals surface area contributed by atoms with Gasteiger partial charge in [0, 0.05) is 17.3 Å². The molecule has 1 aromatic carbocycles. The number of rotatable bonds is 2. The van der Waals surface area contributed by atoms with Gasteiger partial charge < -0.3 is 10.3 Å². The molecule has 4 nitrogen and oxygen atoms in total. The van der Waals surface area contributed by atoms with E-state index >= 15 is 0 Å². The van der Waals surface area contributed by atoms with Crippen molar-refractivity contribution in [2.24, 2.45) is 0 Å². The van der Waals surface area contributed by atoms with E-state index in [1.165, 1.54) is 17.4 Å². The third kappa shape index (κ3) is 2.35. The molecule has 21 heavy (non-hydrogen) atoms. The van der Waals surface area contributed by atoms with Crippen molar-refractivity contribution in [1.29, 1.82) is 0 Å². The molecule has 0 aliphatic heterocycles. The lowest BCUT2D eigenvalue weighted by Gasteiger charge is -2.16. The van der Waals surface area contributed by atoms with Crippen molar-refractivity contribution in [3.8, 4) is 0 Å². The molecule has 8 heteroatoms. The van der Waals surface area contributed by atoms with Crippen LogP contribution in [0.5, 0.6) is 0 Å². The van der Waals surface area contributed by atoms with Gasteiger partial charge in [0.25, 0.3) is 0 Å². The molecule has 0 aliphatic rings. The second kappa shape index (κ2) is 4.73. The van der Waals surface area contributed by atoms with E-state index in [1.54, 1.807) is 30.6 Å². The Morgan fingerprint density at radius 2 is 2.10 bits per heavy atom. The van der Waals surface area contributed by atoms with Gasteiger partial charge >= 0.3 is 6.18 Å². The third-order valence-corrected chi connectivity index (χ3v) is 4.11. The van der Waals surface area contributed by atoms with Gasteiger partial charge in [-0.05, 0) is 25.1 Å². The summed E-state index contributed by atoms with van der Waals surface area (Å²) in [5, 5.41) is 2.33. The predicted molar refractivity (Wildman–Crippen MR) is 75.1 cm³/mol. The molecule has 0 fully saturated rings. The van der Waals surface area contributed by atoms with Crippen LogP contribution in [-0.4, -0.2) is 14.5 Å². The Hall–Kier alpha value is -2.09. The molecule has 0 aliphatic carbocycles. The molecule has 0 saturated carbocycles. The number of alkyl halides is 3. The zero-order chi connectivity index (χ0) is 15.2. The maximum absolute atomic E-state index is 13.3. The van der Waals surface area contributed by atoms with Crippen molar-refractivity contribution in [1.82, 2.24) is 14.5 Å². The number of aromatic nitrogens is 3. The fourth-order valence-corrected chi connectivity index (χ4v) is 2.94. The van der Waals surface area contributed by atoms with Crippen LogP contribution in [0.3, 0.4) is 0 Å². The summed E-state index contributed by atoms with van der Waals surface area (Å²) in [5.41, 5.74) is 6.62. The Morgan fingerprint density at radius 1 is 1.33 bits per heavy atom. The van der Waals surface area contributed by atoms with Crippen LogP contribution in [0, 0.1) is 0 Å². The van der Waals surface area contributed by atoms with E-state index in [0.717, 1.165) is 4.57 Å². The van der Waals surface area contributed by atoms with Crippen LogP contribution in [0.2, 0.25) is 0 Å². The Morgan fingerprint density at radius 3 is 2.71 bits per heavy atom. The van der Waals surface area contributed by atoms with E-state index in [1.807, 2.05) is 0 Å². The minimum atomic E-state index is -4.54. The maximum atomic E-state index is 13.3. The van der Waals surface area contributed by atoms with Crippen LogP contribution in [-0.2, 0) is 6.18 Å². The van der Waals surface area contributed by atoms with Gasteiger partial charge in [0.05, 0.1) is 17.1 Å². The number of thiazole rings is 1. The Labute approximate surface area is 122 Å². The second-order valence-corrected chi connectivity index (χ2v) is 5.52. The number of hydrogen-bond acceptors (Lipinski definition) is 4. The van der Waals surface area contributed by atoms with Gasteiger partial charge in [-0.2, -0.15) is 13.2 Å². The summed E-state index contributed by atoms with van der Waals surface area (Å²) in [6.07, 6.45) is -2.97. The van der Waals surface area contributed by atoms with Crippen LogP contribution in [0.15, 0.2) is 29.8 Å². The van der Waals surface area contributed by atoms with Gasteiger partial charge in [-0.3, -0.25) is 0 Å². The SMILES string of the molecule is CC(c1nccs1)n1c(C(F)(F)F)nc2cc(N)ccc21. The first kappa shape index (κ1) is 13.9. The highest BCUT2D eigenvalue weighted by atomic mass is 32.1. The molecule has 0 bridgehead atoms. The maximum Gasteiger partial charge on any atom is 0.449 e. The molecule has 1 unspecified atom stereocenters. The lowest BCUT2D eigenvalue weighted by molar-refractivity contribution is -0.147. The molecule has 2 heterocycles. The summed E-state index contributed by atoms with van der Waals surface area (Å²) >= 11 is 1.31. The van der Waals surface area contributed by atoms with Crippen LogP contribution in [0.1, 0.15) is 23.8 Å². The number of benzene rings is 1. The summed E-state index contributed by atoms with van der Waals surface area (Å²) in [6, 6.07) is 4.00. The van der Waals surface area contributed by atoms with Gasteiger partial charge in [0.15, 0.2) is 0 Å². The zero-order valence-electron chi connectivity index (χ0n) is 10.9. The molecule has 0 saturated heterocycles. The van der Waals surface area contributed by atoms with Crippen LogP contribution < -0.4 is 5.73 Å². The van der Waals surface area contributed by atoms with Gasteiger partial charge in [-0.15, -0.1) is 11.3 Å². The van der Waals surface area contributed by atoms with Gasteiger partial charge in [0.1, 0.15) is 5.01 Å². The van der Waals surface area contributed by atoms with E-state index in [4.69, 9.17) is 5.73 Å². The highest BCUT2D eigenvalue weighted by Crippen LogP contribution is 2.36. The molecule has 1 atom stereocenters. The number of nitrogens with zero attached hydrogens (tertiary/aromatic N) is 3. The lowest BCUT2D eigenvalue weighted by Crippen LogP contribution is -2.18. The number of imidazole rings is 1. The first-order valence-electron chi connectivity index (χ1n) is 6.12. The smallest absolute Gasteiger partial charge is 0.399 e. The molecule has 2 aromatic heterocycles. The first-order chi connectivity index (χ1) is 9.88. The molecule has 0 radical (unpaired) electrons. The van der Waals surface area contributed by atoms with Crippen molar-refractivity contribution in [3.05, 3.63) is 40.6 Å². The van der Waals surface area contributed by atoms with Crippen molar-refractivity contribution in [2.45, 2.75) is 19.1 Å². The van der Waals surface area contributed by atoms with Crippen LogP contribution in [0.25, 0.3) is 11.0 Å². The van der Waals surface area contributed by atoms with E-state index in [2.05, 4.69) is 9.97 Å². The first-order valence-corrected chi connectivity index (χ1v) is 7.00. The zero-order valence-corrected chi connectivity index (χ0v) is 11.7. The standard InChI is InChI=1S/C13H11F3N4S/c1-7(11-18-4-5-21-11)20-10-3-2-8(17)6-9(10)19-12(20)13(14,15)16/h2-7H,17H2,1H3. The number of halogens is 3. The molecular formula is C13H11F3N4S. The quantitative estimate of drug-likeness (QED) is 0.734. The fourth-order valence-electron chi connectivity index (χ4n) is 2.26.